The van der Waals surface area contributed by atoms with Crippen LogP contribution in [0.15, 0.2) is 0 Å². The van der Waals surface area contributed by atoms with Crippen LogP contribution in [-0.4, -0.2) is 15.2 Å². The van der Waals surface area contributed by atoms with Crippen LogP contribution in [0.4, 0.5) is 0 Å². The molecule has 3 nitrogen and oxygen atoms in total. The Bertz CT molecular complexity index is 277. The number of H-pyrrole nitrogens is 1. The van der Waals surface area contributed by atoms with Crippen molar-refractivity contribution in [3.05, 3.63) is 11.6 Å². The van der Waals surface area contributed by atoms with Crippen molar-refractivity contribution in [1.82, 2.24) is 15.2 Å². The molecule has 1 aliphatic carbocycles. The number of hydrogen-bond donors (Lipinski definition) is 1. The molecule has 1 aliphatic rings. The van der Waals surface area contributed by atoms with Crippen LogP contribution in [0.2, 0.25) is 0 Å². The molecule has 2 rings (SSSR count). The fraction of sp³-hybridized carbons (Fsp3) is 0.778. The average Bonchev–Trinajstić information content (AvgIpc) is 2.59. The van der Waals surface area contributed by atoms with Crippen molar-refractivity contribution in [3.8, 4) is 0 Å². The van der Waals surface area contributed by atoms with Crippen molar-refractivity contribution in [2.75, 3.05) is 0 Å². The second kappa shape index (κ2) is 2.57. The second-order valence-electron chi connectivity index (χ2n) is 4.05. The molecule has 0 bridgehead atoms. The summed E-state index contributed by atoms with van der Waals surface area (Å²) in [4.78, 5) is 4.46. The molecule has 0 aliphatic heterocycles. The van der Waals surface area contributed by atoms with Gasteiger partial charge in [0.1, 0.15) is 5.82 Å². The number of hydrogen-bond acceptors (Lipinski definition) is 2. The third-order valence-corrected chi connectivity index (χ3v) is 2.50. The Morgan fingerprint density at radius 3 is 2.58 bits per heavy atom. The lowest BCUT2D eigenvalue weighted by Gasteiger charge is -1.93. The van der Waals surface area contributed by atoms with Gasteiger partial charge in [-0.05, 0) is 12.3 Å². The molecule has 0 saturated heterocycles. The van der Waals surface area contributed by atoms with Gasteiger partial charge < -0.3 is 0 Å². The highest BCUT2D eigenvalue weighted by molar-refractivity contribution is 5.09. The zero-order chi connectivity index (χ0) is 8.72. The van der Waals surface area contributed by atoms with E-state index in [-0.39, 0.29) is 0 Å². The van der Waals surface area contributed by atoms with E-state index in [4.69, 9.17) is 0 Å². The van der Waals surface area contributed by atoms with E-state index in [0.29, 0.717) is 11.8 Å². The Morgan fingerprint density at radius 1 is 1.50 bits per heavy atom. The molecule has 0 radical (unpaired) electrons. The van der Waals surface area contributed by atoms with Crippen LogP contribution in [0.5, 0.6) is 0 Å². The molecule has 1 saturated carbocycles. The quantitative estimate of drug-likeness (QED) is 0.728. The van der Waals surface area contributed by atoms with Gasteiger partial charge in [-0.2, -0.15) is 5.10 Å². The van der Waals surface area contributed by atoms with Crippen LogP contribution in [0.25, 0.3) is 0 Å². The minimum absolute atomic E-state index is 0.434. The standard InChI is InChI=1S/C9H15N3/c1-5(2)8-10-9(12-11-8)7-4-6(7)3/h5-7H,4H2,1-3H3,(H,10,11,12). The molecule has 1 aromatic heterocycles. The van der Waals surface area contributed by atoms with Gasteiger partial charge in [0.25, 0.3) is 0 Å². The number of aromatic nitrogens is 3. The first-order valence-corrected chi connectivity index (χ1v) is 4.60. The Balaban J connectivity index is 2.14. The van der Waals surface area contributed by atoms with E-state index >= 15 is 0 Å². The predicted octanol–water partition coefficient (Wildman–Crippen LogP) is 2.05. The van der Waals surface area contributed by atoms with Gasteiger partial charge in [0, 0.05) is 11.8 Å². The van der Waals surface area contributed by atoms with E-state index in [1.54, 1.807) is 0 Å². The van der Waals surface area contributed by atoms with E-state index < -0.39 is 0 Å². The van der Waals surface area contributed by atoms with Crippen LogP contribution in [0.3, 0.4) is 0 Å². The van der Waals surface area contributed by atoms with Gasteiger partial charge in [0.05, 0.1) is 0 Å². The van der Waals surface area contributed by atoms with Gasteiger partial charge in [-0.3, -0.25) is 5.10 Å². The van der Waals surface area contributed by atoms with E-state index in [1.807, 2.05) is 0 Å². The minimum Gasteiger partial charge on any atom is -0.263 e. The molecule has 1 N–H and O–H groups in total. The highest BCUT2D eigenvalue weighted by Crippen LogP contribution is 2.45. The zero-order valence-corrected chi connectivity index (χ0v) is 7.83. The topological polar surface area (TPSA) is 41.6 Å². The molecule has 0 spiro atoms. The highest BCUT2D eigenvalue weighted by atomic mass is 15.2. The maximum absolute atomic E-state index is 4.46. The van der Waals surface area contributed by atoms with Crippen LogP contribution in [-0.2, 0) is 0 Å². The lowest BCUT2D eigenvalue weighted by molar-refractivity contribution is 0.779. The molecule has 66 valence electrons. The number of aromatic amines is 1. The zero-order valence-electron chi connectivity index (χ0n) is 7.83. The van der Waals surface area contributed by atoms with Crippen molar-refractivity contribution in [2.45, 2.75) is 39.0 Å². The average molecular weight is 165 g/mol. The third-order valence-electron chi connectivity index (χ3n) is 2.50. The largest absolute Gasteiger partial charge is 0.263 e. The first-order chi connectivity index (χ1) is 5.68. The number of nitrogens with one attached hydrogen (secondary N) is 1. The molecule has 2 unspecified atom stereocenters. The summed E-state index contributed by atoms with van der Waals surface area (Å²) in [6, 6.07) is 0. The molecule has 0 aromatic carbocycles. The summed E-state index contributed by atoms with van der Waals surface area (Å²) < 4.78 is 0. The summed E-state index contributed by atoms with van der Waals surface area (Å²) in [5.41, 5.74) is 0. The fourth-order valence-corrected chi connectivity index (χ4v) is 1.42. The molecule has 2 atom stereocenters. The maximum atomic E-state index is 4.46. The minimum atomic E-state index is 0.434. The van der Waals surface area contributed by atoms with Crippen molar-refractivity contribution in [2.24, 2.45) is 5.92 Å². The Morgan fingerprint density at radius 2 is 2.17 bits per heavy atom. The van der Waals surface area contributed by atoms with Crippen LogP contribution in [0, 0.1) is 5.92 Å². The van der Waals surface area contributed by atoms with Crippen LogP contribution in [0.1, 0.15) is 50.7 Å². The van der Waals surface area contributed by atoms with E-state index in [9.17, 15) is 0 Å². The summed E-state index contributed by atoms with van der Waals surface area (Å²) in [6.07, 6.45) is 1.27. The van der Waals surface area contributed by atoms with Gasteiger partial charge >= 0.3 is 0 Å². The van der Waals surface area contributed by atoms with E-state index in [0.717, 1.165) is 17.6 Å². The van der Waals surface area contributed by atoms with Crippen molar-refractivity contribution in [1.29, 1.82) is 0 Å². The summed E-state index contributed by atoms with van der Waals surface area (Å²) in [5, 5.41) is 7.19. The fourth-order valence-electron chi connectivity index (χ4n) is 1.42. The molecular weight excluding hydrogens is 150 g/mol. The normalized spacial score (nSPS) is 28.0. The van der Waals surface area contributed by atoms with Crippen LogP contribution < -0.4 is 0 Å². The van der Waals surface area contributed by atoms with E-state index in [1.165, 1.54) is 6.42 Å². The van der Waals surface area contributed by atoms with E-state index in [2.05, 4.69) is 36.0 Å². The predicted molar refractivity (Wildman–Crippen MR) is 47.0 cm³/mol. The summed E-state index contributed by atoms with van der Waals surface area (Å²) in [6.45, 7) is 6.48. The van der Waals surface area contributed by atoms with Gasteiger partial charge in [-0.15, -0.1) is 0 Å². The van der Waals surface area contributed by atoms with Gasteiger partial charge in [0.15, 0.2) is 5.82 Å². The second-order valence-corrected chi connectivity index (χ2v) is 4.05. The molecule has 1 heterocycles. The summed E-state index contributed by atoms with van der Waals surface area (Å²) in [5.74, 6) is 3.93. The smallest absolute Gasteiger partial charge is 0.153 e. The first-order valence-electron chi connectivity index (χ1n) is 4.60. The SMILES string of the molecule is CC(C)c1n[nH]c(C2CC2C)n1. The van der Waals surface area contributed by atoms with Crippen molar-refractivity contribution in [3.63, 3.8) is 0 Å². The molecular formula is C9H15N3. The van der Waals surface area contributed by atoms with Crippen molar-refractivity contribution < 1.29 is 0 Å². The van der Waals surface area contributed by atoms with Gasteiger partial charge in [-0.1, -0.05) is 20.8 Å². The molecule has 1 aromatic rings. The lowest BCUT2D eigenvalue weighted by atomic mass is 10.2. The lowest BCUT2D eigenvalue weighted by Crippen LogP contribution is -1.90. The van der Waals surface area contributed by atoms with Gasteiger partial charge in [0.2, 0.25) is 0 Å². The molecule has 3 heteroatoms. The summed E-state index contributed by atoms with van der Waals surface area (Å²) in [7, 11) is 0. The van der Waals surface area contributed by atoms with Crippen molar-refractivity contribution >= 4 is 0 Å². The third kappa shape index (κ3) is 1.24. The maximum Gasteiger partial charge on any atom is 0.153 e. The Hall–Kier alpha value is -0.860. The van der Waals surface area contributed by atoms with Crippen LogP contribution >= 0.6 is 0 Å². The molecule has 12 heavy (non-hydrogen) atoms. The Kier molecular flexibility index (Phi) is 1.67. The Labute approximate surface area is 72.6 Å². The summed E-state index contributed by atoms with van der Waals surface area (Å²) >= 11 is 0. The molecule has 1 fully saturated rings. The number of nitrogens with zero attached hydrogens (tertiary/aromatic N) is 2. The highest BCUT2D eigenvalue weighted by Gasteiger charge is 2.36. The van der Waals surface area contributed by atoms with Gasteiger partial charge in [-0.25, -0.2) is 4.98 Å². The molecule has 0 amide bonds. The first kappa shape index (κ1) is 7.77. The monoisotopic (exact) mass is 165 g/mol. The number of rotatable bonds is 2.